The first-order chi connectivity index (χ1) is 9.72. The summed E-state index contributed by atoms with van der Waals surface area (Å²) in [6.07, 6.45) is 3.71. The van der Waals surface area contributed by atoms with Gasteiger partial charge in [-0.3, -0.25) is 0 Å². The number of hydrogen-bond donors (Lipinski definition) is 0. The van der Waals surface area contributed by atoms with Crippen molar-refractivity contribution in [2.24, 2.45) is 0 Å². The van der Waals surface area contributed by atoms with Crippen molar-refractivity contribution in [2.75, 3.05) is 20.3 Å². The van der Waals surface area contributed by atoms with Gasteiger partial charge in [0.25, 0.3) is 0 Å². The van der Waals surface area contributed by atoms with Crippen molar-refractivity contribution in [3.8, 4) is 0 Å². The van der Waals surface area contributed by atoms with Gasteiger partial charge in [-0.2, -0.15) is 0 Å². The molecule has 2 aromatic rings. The lowest BCUT2D eigenvalue weighted by Gasteiger charge is -2.20. The van der Waals surface area contributed by atoms with Crippen LogP contribution in [0, 0.1) is 0 Å². The van der Waals surface area contributed by atoms with E-state index in [1.165, 1.54) is 7.11 Å². The van der Waals surface area contributed by atoms with E-state index in [2.05, 4.69) is 4.98 Å². The molecule has 106 valence electrons. The van der Waals surface area contributed by atoms with Gasteiger partial charge in [0.2, 0.25) is 0 Å². The second kappa shape index (κ2) is 5.42. The quantitative estimate of drug-likeness (QED) is 0.799. The number of rotatable bonds is 2. The highest BCUT2D eigenvalue weighted by Gasteiger charge is 2.24. The molecule has 0 aromatic carbocycles. The Kier molecular flexibility index (Phi) is 3.63. The van der Waals surface area contributed by atoms with Crippen LogP contribution in [0.1, 0.15) is 34.9 Å². The summed E-state index contributed by atoms with van der Waals surface area (Å²) >= 11 is 6.23. The number of ether oxygens (including phenoxy) is 2. The van der Waals surface area contributed by atoms with Gasteiger partial charge in [0.05, 0.1) is 18.2 Å². The van der Waals surface area contributed by atoms with Crippen LogP contribution in [0.3, 0.4) is 0 Å². The Labute approximate surface area is 121 Å². The van der Waals surface area contributed by atoms with E-state index in [-0.39, 0.29) is 0 Å². The number of fused-ring (bicyclic) bond motifs is 1. The maximum absolute atomic E-state index is 11.8. The van der Waals surface area contributed by atoms with E-state index in [1.54, 1.807) is 12.1 Å². The Morgan fingerprint density at radius 2 is 2.25 bits per heavy atom. The number of esters is 1. The Morgan fingerprint density at radius 3 is 2.95 bits per heavy atom. The lowest BCUT2D eigenvalue weighted by Crippen LogP contribution is -2.16. The molecule has 0 N–H and O–H groups in total. The molecule has 2 aromatic heterocycles. The largest absolute Gasteiger partial charge is 0.465 e. The first kappa shape index (κ1) is 13.4. The fourth-order valence-corrected chi connectivity index (χ4v) is 2.92. The molecule has 0 atom stereocenters. The predicted molar refractivity (Wildman–Crippen MR) is 74.3 cm³/mol. The minimum absolute atomic E-state index is 0.302. The molecule has 0 aliphatic carbocycles. The van der Waals surface area contributed by atoms with Crippen LogP contribution < -0.4 is 0 Å². The third kappa shape index (κ3) is 2.17. The fraction of sp³-hybridized carbons (Fsp3) is 0.429. The number of hydrogen-bond acceptors (Lipinski definition) is 4. The molecule has 0 spiro atoms. The van der Waals surface area contributed by atoms with Crippen LogP contribution in [-0.2, 0) is 9.47 Å². The number of halogens is 1. The normalized spacial score (nSPS) is 16.5. The minimum Gasteiger partial charge on any atom is -0.465 e. The van der Waals surface area contributed by atoms with E-state index in [0.29, 0.717) is 22.2 Å². The zero-order valence-corrected chi connectivity index (χ0v) is 11.9. The van der Waals surface area contributed by atoms with Gasteiger partial charge >= 0.3 is 5.97 Å². The molecule has 0 amide bonds. The standard InChI is InChI=1S/C14H15ClN2O3/c1-19-14(18)10-3-2-6-17-11(10)12(15)16-13(17)9-4-7-20-8-5-9/h2-3,6,9H,4-5,7-8H2,1H3. The molecule has 1 aliphatic heterocycles. The molecule has 0 saturated carbocycles. The van der Waals surface area contributed by atoms with Crippen molar-refractivity contribution >= 4 is 23.1 Å². The van der Waals surface area contributed by atoms with E-state index in [0.717, 1.165) is 31.9 Å². The van der Waals surface area contributed by atoms with Crippen LogP contribution in [-0.4, -0.2) is 35.7 Å². The smallest absolute Gasteiger partial charge is 0.340 e. The average molecular weight is 295 g/mol. The number of pyridine rings is 1. The summed E-state index contributed by atoms with van der Waals surface area (Å²) in [5.74, 6) is 0.784. The maximum atomic E-state index is 11.8. The van der Waals surface area contributed by atoms with Gasteiger partial charge < -0.3 is 13.9 Å². The molecule has 6 heteroatoms. The number of methoxy groups -OCH3 is 1. The monoisotopic (exact) mass is 294 g/mol. The van der Waals surface area contributed by atoms with Crippen LogP contribution in [0.4, 0.5) is 0 Å². The molecule has 0 radical (unpaired) electrons. The predicted octanol–water partition coefficient (Wildman–Crippen LogP) is 2.67. The topological polar surface area (TPSA) is 52.8 Å². The van der Waals surface area contributed by atoms with Crippen LogP contribution in [0.15, 0.2) is 18.3 Å². The molecule has 3 rings (SSSR count). The van der Waals surface area contributed by atoms with Gasteiger partial charge in [0.15, 0.2) is 5.15 Å². The maximum Gasteiger partial charge on any atom is 0.340 e. The third-order valence-corrected chi connectivity index (χ3v) is 3.90. The first-order valence-corrected chi connectivity index (χ1v) is 6.92. The van der Waals surface area contributed by atoms with Crippen molar-refractivity contribution in [1.82, 2.24) is 9.38 Å². The van der Waals surface area contributed by atoms with Gasteiger partial charge in [-0.05, 0) is 25.0 Å². The zero-order chi connectivity index (χ0) is 14.1. The van der Waals surface area contributed by atoms with Gasteiger partial charge in [-0.15, -0.1) is 0 Å². The minimum atomic E-state index is -0.407. The fourth-order valence-electron chi connectivity index (χ4n) is 2.64. The summed E-state index contributed by atoms with van der Waals surface area (Å²) in [4.78, 5) is 16.3. The average Bonchev–Trinajstić information content (AvgIpc) is 2.85. The highest BCUT2D eigenvalue weighted by molar-refractivity contribution is 6.33. The summed E-state index contributed by atoms with van der Waals surface area (Å²) < 4.78 is 12.1. The molecule has 0 bridgehead atoms. The number of aromatic nitrogens is 2. The highest BCUT2D eigenvalue weighted by atomic mass is 35.5. The molecular weight excluding hydrogens is 280 g/mol. The van der Waals surface area contributed by atoms with Crippen LogP contribution in [0.2, 0.25) is 5.15 Å². The molecule has 5 nitrogen and oxygen atoms in total. The third-order valence-electron chi connectivity index (χ3n) is 3.64. The lowest BCUT2D eigenvalue weighted by atomic mass is 9.99. The Balaban J connectivity index is 2.14. The number of imidazole rings is 1. The van der Waals surface area contributed by atoms with Crippen LogP contribution >= 0.6 is 11.6 Å². The van der Waals surface area contributed by atoms with Gasteiger partial charge in [-0.25, -0.2) is 9.78 Å². The summed E-state index contributed by atoms with van der Waals surface area (Å²) in [6.45, 7) is 1.46. The Morgan fingerprint density at radius 1 is 1.50 bits per heavy atom. The Hall–Kier alpha value is -1.59. The van der Waals surface area contributed by atoms with E-state index in [1.807, 2.05) is 10.6 Å². The summed E-state index contributed by atoms with van der Waals surface area (Å²) in [6, 6.07) is 3.50. The SMILES string of the molecule is COC(=O)c1cccn2c(C3CCOCC3)nc(Cl)c12. The molecule has 0 unspecified atom stereocenters. The van der Waals surface area contributed by atoms with E-state index in [4.69, 9.17) is 21.1 Å². The van der Waals surface area contributed by atoms with E-state index < -0.39 is 5.97 Å². The molecule has 1 aliphatic rings. The lowest BCUT2D eigenvalue weighted by molar-refractivity contribution is 0.0602. The first-order valence-electron chi connectivity index (χ1n) is 6.55. The summed E-state index contributed by atoms with van der Waals surface area (Å²) in [7, 11) is 1.36. The van der Waals surface area contributed by atoms with E-state index >= 15 is 0 Å². The highest BCUT2D eigenvalue weighted by Crippen LogP contribution is 2.31. The number of carbonyl (C=O) groups is 1. The van der Waals surface area contributed by atoms with Crippen molar-refractivity contribution in [1.29, 1.82) is 0 Å². The van der Waals surface area contributed by atoms with Crippen LogP contribution in [0.25, 0.3) is 5.52 Å². The van der Waals surface area contributed by atoms with Crippen molar-refractivity contribution in [3.63, 3.8) is 0 Å². The molecule has 1 saturated heterocycles. The molecule has 3 heterocycles. The number of nitrogens with zero attached hydrogens (tertiary/aromatic N) is 2. The van der Waals surface area contributed by atoms with Crippen molar-refractivity contribution in [3.05, 3.63) is 34.9 Å². The van der Waals surface area contributed by atoms with Gasteiger partial charge in [0, 0.05) is 25.3 Å². The van der Waals surface area contributed by atoms with Crippen molar-refractivity contribution < 1.29 is 14.3 Å². The second-order valence-electron chi connectivity index (χ2n) is 4.78. The summed E-state index contributed by atoms with van der Waals surface area (Å²) in [5, 5.41) is 0.340. The van der Waals surface area contributed by atoms with Gasteiger partial charge in [-0.1, -0.05) is 11.6 Å². The number of carbonyl (C=O) groups excluding carboxylic acids is 1. The van der Waals surface area contributed by atoms with Crippen molar-refractivity contribution in [2.45, 2.75) is 18.8 Å². The molecule has 1 fully saturated rings. The molecular formula is C14H15ClN2O3. The molecule has 20 heavy (non-hydrogen) atoms. The zero-order valence-electron chi connectivity index (χ0n) is 11.1. The second-order valence-corrected chi connectivity index (χ2v) is 5.14. The van der Waals surface area contributed by atoms with Crippen LogP contribution in [0.5, 0.6) is 0 Å². The summed E-state index contributed by atoms with van der Waals surface area (Å²) in [5.41, 5.74) is 1.05. The van der Waals surface area contributed by atoms with E-state index in [9.17, 15) is 4.79 Å². The Bertz CT molecular complexity index is 647. The van der Waals surface area contributed by atoms with Gasteiger partial charge in [0.1, 0.15) is 5.82 Å².